The maximum absolute atomic E-state index is 13.0. The van der Waals surface area contributed by atoms with Crippen molar-refractivity contribution in [3.05, 3.63) is 70.5 Å². The minimum atomic E-state index is -0.541. The number of imide groups is 1. The van der Waals surface area contributed by atoms with Gasteiger partial charge in [0.2, 0.25) is 5.91 Å². The van der Waals surface area contributed by atoms with E-state index >= 15 is 0 Å². The van der Waals surface area contributed by atoms with Crippen LogP contribution in [0.5, 0.6) is 0 Å². The lowest BCUT2D eigenvalue weighted by atomic mass is 10.2. The van der Waals surface area contributed by atoms with Crippen molar-refractivity contribution < 1.29 is 9.59 Å². The minimum absolute atomic E-state index is 0.0310. The molecule has 3 aromatic rings. The number of amides is 3. The lowest BCUT2D eigenvalue weighted by molar-refractivity contribution is -0.117. The zero-order valence-electron chi connectivity index (χ0n) is 15.3. The molecule has 0 atom stereocenters. The van der Waals surface area contributed by atoms with Crippen molar-refractivity contribution in [2.75, 3.05) is 12.3 Å². The van der Waals surface area contributed by atoms with Crippen LogP contribution in [0.4, 0.5) is 4.79 Å². The molecule has 2 aromatic carbocycles. The van der Waals surface area contributed by atoms with Crippen molar-refractivity contribution in [1.82, 2.24) is 20.2 Å². The van der Waals surface area contributed by atoms with Gasteiger partial charge in [-0.05, 0) is 24.6 Å². The Bertz CT molecular complexity index is 1050. The number of carbonyl (C=O) groups is 2. The maximum Gasteiger partial charge on any atom is 0.321 e. The van der Waals surface area contributed by atoms with Gasteiger partial charge in [0, 0.05) is 6.54 Å². The molecule has 7 nitrogen and oxygen atoms in total. The highest BCUT2D eigenvalue weighted by atomic mass is 32.2. The summed E-state index contributed by atoms with van der Waals surface area (Å²) in [5, 5.41) is 5.70. The number of nitrogens with one attached hydrogen (secondary N) is 2. The number of urea groups is 1. The monoisotopic (exact) mass is 396 g/mol. The van der Waals surface area contributed by atoms with Gasteiger partial charge in [-0.3, -0.25) is 19.5 Å². The van der Waals surface area contributed by atoms with Gasteiger partial charge in [-0.2, -0.15) is 0 Å². The Morgan fingerprint density at radius 1 is 1.07 bits per heavy atom. The summed E-state index contributed by atoms with van der Waals surface area (Å²) in [7, 11) is 0. The molecule has 0 fully saturated rings. The third-order valence-electron chi connectivity index (χ3n) is 3.93. The smallest absolute Gasteiger partial charge is 0.321 e. The molecule has 8 heteroatoms. The van der Waals surface area contributed by atoms with Crippen LogP contribution >= 0.6 is 11.8 Å². The van der Waals surface area contributed by atoms with Gasteiger partial charge in [0.25, 0.3) is 5.56 Å². The fourth-order valence-corrected chi connectivity index (χ4v) is 3.46. The molecule has 0 radical (unpaired) electrons. The number of hydrogen-bond acceptors (Lipinski definition) is 5. The number of thioether (sulfide) groups is 1. The first kappa shape index (κ1) is 19.6. The Labute approximate surface area is 166 Å². The van der Waals surface area contributed by atoms with E-state index in [9.17, 15) is 14.4 Å². The summed E-state index contributed by atoms with van der Waals surface area (Å²) in [6.45, 7) is 2.53. The number of hydrogen-bond donors (Lipinski definition) is 2. The van der Waals surface area contributed by atoms with Crippen LogP contribution in [-0.2, 0) is 11.3 Å². The van der Waals surface area contributed by atoms with Crippen LogP contribution in [0.15, 0.2) is 64.5 Å². The molecular formula is C20H20N4O3S. The van der Waals surface area contributed by atoms with E-state index in [1.807, 2.05) is 36.4 Å². The fourth-order valence-electron chi connectivity index (χ4n) is 2.66. The van der Waals surface area contributed by atoms with Crippen molar-refractivity contribution in [3.63, 3.8) is 0 Å². The maximum atomic E-state index is 13.0. The van der Waals surface area contributed by atoms with Crippen LogP contribution < -0.4 is 16.2 Å². The summed E-state index contributed by atoms with van der Waals surface area (Å²) in [4.78, 5) is 41.1. The Morgan fingerprint density at radius 3 is 2.54 bits per heavy atom. The number of benzene rings is 2. The predicted molar refractivity (Wildman–Crippen MR) is 109 cm³/mol. The van der Waals surface area contributed by atoms with Gasteiger partial charge in [0.1, 0.15) is 0 Å². The highest BCUT2D eigenvalue weighted by Crippen LogP contribution is 2.18. The molecular weight excluding hydrogens is 376 g/mol. The minimum Gasteiger partial charge on any atom is -0.338 e. The summed E-state index contributed by atoms with van der Waals surface area (Å²) >= 11 is 1.12. The molecule has 1 heterocycles. The van der Waals surface area contributed by atoms with Gasteiger partial charge in [-0.1, -0.05) is 54.2 Å². The number of fused-ring (bicyclic) bond motifs is 1. The van der Waals surface area contributed by atoms with E-state index in [1.165, 1.54) is 0 Å². The summed E-state index contributed by atoms with van der Waals surface area (Å²) in [5.74, 6) is -0.485. The van der Waals surface area contributed by atoms with E-state index in [1.54, 1.807) is 29.7 Å². The first-order valence-corrected chi connectivity index (χ1v) is 9.81. The lowest BCUT2D eigenvalue weighted by Crippen LogP contribution is -2.40. The van der Waals surface area contributed by atoms with Gasteiger partial charge in [-0.25, -0.2) is 9.78 Å². The Morgan fingerprint density at radius 2 is 1.79 bits per heavy atom. The standard InChI is InChI=1S/C20H20N4O3S/c1-2-21-19(27)23-17(25)13-28-20-22-16-11-7-6-10-15(16)18(26)24(20)12-14-8-4-3-5-9-14/h3-11H,2,12-13H2,1H3,(H2,21,23,25,27). The molecule has 28 heavy (non-hydrogen) atoms. The number of rotatable bonds is 6. The third kappa shape index (κ3) is 4.77. The Hall–Kier alpha value is -3.13. The average molecular weight is 396 g/mol. The first-order valence-electron chi connectivity index (χ1n) is 8.82. The number of aromatic nitrogens is 2. The van der Waals surface area contributed by atoms with Gasteiger partial charge in [0.15, 0.2) is 5.16 Å². The van der Waals surface area contributed by atoms with Crippen LogP contribution in [0.1, 0.15) is 12.5 Å². The van der Waals surface area contributed by atoms with Crippen molar-refractivity contribution in [3.8, 4) is 0 Å². The zero-order chi connectivity index (χ0) is 19.9. The molecule has 1 aromatic heterocycles. The van der Waals surface area contributed by atoms with E-state index in [4.69, 9.17) is 0 Å². The SMILES string of the molecule is CCNC(=O)NC(=O)CSc1nc2ccccc2c(=O)n1Cc1ccccc1. The predicted octanol–water partition coefficient (Wildman–Crippen LogP) is 2.38. The van der Waals surface area contributed by atoms with Gasteiger partial charge >= 0.3 is 6.03 Å². The molecule has 0 aliphatic carbocycles. The molecule has 144 valence electrons. The topological polar surface area (TPSA) is 93.1 Å². The van der Waals surface area contributed by atoms with Crippen LogP contribution in [0.3, 0.4) is 0 Å². The average Bonchev–Trinajstić information content (AvgIpc) is 2.70. The molecule has 0 aliphatic rings. The van der Waals surface area contributed by atoms with Crippen molar-refractivity contribution in [1.29, 1.82) is 0 Å². The van der Waals surface area contributed by atoms with Crippen molar-refractivity contribution >= 4 is 34.6 Å². The van der Waals surface area contributed by atoms with E-state index < -0.39 is 11.9 Å². The molecule has 0 saturated carbocycles. The summed E-state index contributed by atoms with van der Waals surface area (Å²) in [5.41, 5.74) is 1.36. The van der Waals surface area contributed by atoms with E-state index in [2.05, 4.69) is 15.6 Å². The third-order valence-corrected chi connectivity index (χ3v) is 4.91. The molecule has 0 bridgehead atoms. The Kier molecular flexibility index (Phi) is 6.44. The second-order valence-corrected chi connectivity index (χ2v) is 6.93. The fraction of sp³-hybridized carbons (Fsp3) is 0.200. The quantitative estimate of drug-likeness (QED) is 0.493. The van der Waals surface area contributed by atoms with Crippen LogP contribution in [0.2, 0.25) is 0 Å². The van der Waals surface area contributed by atoms with E-state index in [0.717, 1.165) is 17.3 Å². The Balaban J connectivity index is 1.89. The van der Waals surface area contributed by atoms with Gasteiger partial charge in [-0.15, -0.1) is 0 Å². The van der Waals surface area contributed by atoms with Crippen molar-refractivity contribution in [2.24, 2.45) is 0 Å². The largest absolute Gasteiger partial charge is 0.338 e. The van der Waals surface area contributed by atoms with E-state index in [0.29, 0.717) is 29.1 Å². The molecule has 3 rings (SSSR count). The lowest BCUT2D eigenvalue weighted by Gasteiger charge is -2.13. The molecule has 0 unspecified atom stereocenters. The number of nitrogens with zero attached hydrogens (tertiary/aromatic N) is 2. The molecule has 0 saturated heterocycles. The van der Waals surface area contributed by atoms with Crippen LogP contribution in [-0.4, -0.2) is 33.8 Å². The van der Waals surface area contributed by atoms with E-state index in [-0.39, 0.29) is 11.3 Å². The first-order chi connectivity index (χ1) is 13.6. The summed E-state index contributed by atoms with van der Waals surface area (Å²) in [6.07, 6.45) is 0. The molecule has 2 N–H and O–H groups in total. The second-order valence-electron chi connectivity index (χ2n) is 5.98. The van der Waals surface area contributed by atoms with Gasteiger partial charge in [0.05, 0.1) is 23.2 Å². The summed E-state index contributed by atoms with van der Waals surface area (Å²) in [6, 6.07) is 16.1. The second kappa shape index (κ2) is 9.18. The highest BCUT2D eigenvalue weighted by molar-refractivity contribution is 7.99. The molecule has 0 spiro atoms. The van der Waals surface area contributed by atoms with Crippen LogP contribution in [0, 0.1) is 0 Å². The van der Waals surface area contributed by atoms with Crippen LogP contribution in [0.25, 0.3) is 10.9 Å². The van der Waals surface area contributed by atoms with Gasteiger partial charge < -0.3 is 5.32 Å². The number of carbonyl (C=O) groups excluding carboxylic acids is 2. The van der Waals surface area contributed by atoms with Crippen molar-refractivity contribution in [2.45, 2.75) is 18.6 Å². The number of para-hydroxylation sites is 1. The summed E-state index contributed by atoms with van der Waals surface area (Å²) < 4.78 is 1.56. The molecule has 3 amide bonds. The highest BCUT2D eigenvalue weighted by Gasteiger charge is 2.14. The normalized spacial score (nSPS) is 10.6. The molecule has 0 aliphatic heterocycles. The zero-order valence-corrected chi connectivity index (χ0v) is 16.2.